The lowest BCUT2D eigenvalue weighted by Crippen LogP contribution is -2.35. The van der Waals surface area contributed by atoms with Crippen LogP contribution < -0.4 is 21.2 Å². The number of nitrogens with one attached hydrogen (secondary N) is 3. The van der Waals surface area contributed by atoms with Crippen molar-refractivity contribution in [1.82, 2.24) is 26.0 Å². The first-order valence-corrected chi connectivity index (χ1v) is 9.75. The van der Waals surface area contributed by atoms with E-state index in [2.05, 4.69) is 75.7 Å². The Morgan fingerprint density at radius 3 is 2.63 bits per heavy atom. The predicted molar refractivity (Wildman–Crippen MR) is 118 cm³/mol. The molecule has 3 heterocycles. The number of pyridine rings is 1. The van der Waals surface area contributed by atoms with Crippen LogP contribution in [0, 0.1) is 0 Å². The van der Waals surface area contributed by atoms with E-state index >= 15 is 0 Å². The number of hydrazone groups is 1. The summed E-state index contributed by atoms with van der Waals surface area (Å²) >= 11 is 0. The van der Waals surface area contributed by atoms with E-state index in [1.165, 1.54) is 22.2 Å². The summed E-state index contributed by atoms with van der Waals surface area (Å²) in [5.41, 5.74) is 14.9. The molecule has 0 saturated carbocycles. The number of hydrogen-bond acceptors (Lipinski definition) is 6. The molecule has 1 aliphatic rings. The zero-order chi connectivity index (χ0) is 20.5. The van der Waals surface area contributed by atoms with Crippen LogP contribution in [-0.2, 0) is 13.5 Å². The average molecular weight is 398 g/mol. The van der Waals surface area contributed by atoms with E-state index in [1.807, 2.05) is 24.3 Å². The number of benzene rings is 2. The lowest BCUT2D eigenvalue weighted by atomic mass is 10.0. The Morgan fingerprint density at radius 1 is 1.00 bits per heavy atom. The fourth-order valence-corrected chi connectivity index (χ4v) is 3.98. The average Bonchev–Trinajstić information content (AvgIpc) is 3.42. The summed E-state index contributed by atoms with van der Waals surface area (Å²) in [7, 11) is 3.80. The Labute approximate surface area is 174 Å². The van der Waals surface area contributed by atoms with Crippen LogP contribution in [-0.4, -0.2) is 22.5 Å². The maximum atomic E-state index is 5.47. The minimum atomic E-state index is 0.669. The number of aryl methyl sites for hydroxylation is 1. The van der Waals surface area contributed by atoms with Gasteiger partial charge in [-0.3, -0.25) is 5.43 Å². The third kappa shape index (κ3) is 3.15. The lowest BCUT2D eigenvalue weighted by molar-refractivity contribution is 0.415. The van der Waals surface area contributed by atoms with Crippen LogP contribution in [0.2, 0.25) is 0 Å². The van der Waals surface area contributed by atoms with Crippen molar-refractivity contribution in [1.29, 1.82) is 0 Å². The highest BCUT2D eigenvalue weighted by molar-refractivity contribution is 5.97. The molecule has 0 spiro atoms. The van der Waals surface area contributed by atoms with Crippen LogP contribution in [0.15, 0.2) is 71.8 Å². The zero-order valence-electron chi connectivity index (χ0n) is 16.8. The summed E-state index contributed by atoms with van der Waals surface area (Å²) in [5.74, 6) is 1.52. The minimum Gasteiger partial charge on any atom is -0.497 e. The SMILES string of the molecule is COc1ccc2c(Cc3cccc(C4=NNNN4)n3)c(-c3ccccc3)n(C)c2c1. The van der Waals surface area contributed by atoms with Gasteiger partial charge in [0.05, 0.1) is 18.3 Å². The van der Waals surface area contributed by atoms with Crippen molar-refractivity contribution in [3.8, 4) is 17.0 Å². The predicted octanol–water partition coefficient (Wildman–Crippen LogP) is 3.11. The number of aromatic nitrogens is 2. The number of hydrogen-bond donors (Lipinski definition) is 3. The van der Waals surface area contributed by atoms with E-state index < -0.39 is 0 Å². The van der Waals surface area contributed by atoms with Crippen molar-refractivity contribution < 1.29 is 4.74 Å². The number of methoxy groups -OCH3 is 1. The van der Waals surface area contributed by atoms with Crippen LogP contribution in [0.4, 0.5) is 0 Å². The Morgan fingerprint density at radius 2 is 1.87 bits per heavy atom. The molecule has 0 radical (unpaired) electrons. The summed E-state index contributed by atoms with van der Waals surface area (Å²) in [6.07, 6.45) is 0.704. The van der Waals surface area contributed by atoms with Crippen LogP contribution in [0.5, 0.6) is 5.75 Å². The van der Waals surface area contributed by atoms with Crippen LogP contribution in [0.25, 0.3) is 22.2 Å². The van der Waals surface area contributed by atoms with Gasteiger partial charge >= 0.3 is 0 Å². The van der Waals surface area contributed by atoms with Crippen LogP contribution >= 0.6 is 0 Å². The Hall–Kier alpha value is -3.84. The summed E-state index contributed by atoms with van der Waals surface area (Å²) in [5, 5.41) is 5.35. The molecular formula is C23H22N6O. The second-order valence-corrected chi connectivity index (χ2v) is 7.15. The van der Waals surface area contributed by atoms with Gasteiger partial charge in [-0.25, -0.2) is 10.5 Å². The smallest absolute Gasteiger partial charge is 0.189 e. The fraction of sp³-hybridized carbons (Fsp3) is 0.130. The quantitative estimate of drug-likeness (QED) is 0.482. The summed E-state index contributed by atoms with van der Waals surface area (Å²) < 4.78 is 7.70. The molecule has 5 rings (SSSR count). The third-order valence-electron chi connectivity index (χ3n) is 5.37. The molecule has 2 aromatic carbocycles. The number of nitrogens with zero attached hydrogens (tertiary/aromatic N) is 3. The van der Waals surface area contributed by atoms with Crippen LogP contribution in [0.1, 0.15) is 17.0 Å². The molecule has 30 heavy (non-hydrogen) atoms. The maximum Gasteiger partial charge on any atom is 0.189 e. The van der Waals surface area contributed by atoms with E-state index in [0.717, 1.165) is 22.7 Å². The molecule has 0 aliphatic carbocycles. The molecule has 0 fully saturated rings. The monoisotopic (exact) mass is 398 g/mol. The maximum absolute atomic E-state index is 5.47. The van der Waals surface area contributed by atoms with Gasteiger partial charge in [-0.05, 0) is 35.4 Å². The first-order valence-electron chi connectivity index (χ1n) is 9.75. The molecule has 4 aromatic rings. The minimum absolute atomic E-state index is 0.669. The number of fused-ring (bicyclic) bond motifs is 1. The number of amidine groups is 1. The second kappa shape index (κ2) is 7.53. The molecule has 0 bridgehead atoms. The summed E-state index contributed by atoms with van der Waals surface area (Å²) in [4.78, 5) is 4.83. The van der Waals surface area contributed by atoms with Crippen molar-refractivity contribution in [2.75, 3.05) is 7.11 Å². The van der Waals surface area contributed by atoms with E-state index in [4.69, 9.17) is 9.72 Å². The van der Waals surface area contributed by atoms with E-state index in [0.29, 0.717) is 12.3 Å². The highest BCUT2D eigenvalue weighted by Crippen LogP contribution is 2.36. The normalized spacial score (nSPS) is 13.1. The van der Waals surface area contributed by atoms with Crippen molar-refractivity contribution in [3.63, 3.8) is 0 Å². The molecule has 150 valence electrons. The van der Waals surface area contributed by atoms with Gasteiger partial charge in [0, 0.05) is 30.6 Å². The van der Waals surface area contributed by atoms with Crippen molar-refractivity contribution in [3.05, 3.63) is 83.7 Å². The van der Waals surface area contributed by atoms with Gasteiger partial charge in [0.1, 0.15) is 11.4 Å². The zero-order valence-corrected chi connectivity index (χ0v) is 16.8. The highest BCUT2D eigenvalue weighted by Gasteiger charge is 2.19. The molecule has 0 atom stereocenters. The first kappa shape index (κ1) is 18.2. The summed E-state index contributed by atoms with van der Waals surface area (Å²) in [6, 6.07) is 22.7. The van der Waals surface area contributed by atoms with E-state index in [-0.39, 0.29) is 0 Å². The topological polar surface area (TPSA) is 75.5 Å². The van der Waals surface area contributed by atoms with Gasteiger partial charge in [-0.1, -0.05) is 36.4 Å². The third-order valence-corrected chi connectivity index (χ3v) is 5.37. The van der Waals surface area contributed by atoms with Gasteiger partial charge in [-0.15, -0.1) is 10.6 Å². The van der Waals surface area contributed by atoms with E-state index in [1.54, 1.807) is 7.11 Å². The van der Waals surface area contributed by atoms with E-state index in [9.17, 15) is 0 Å². The number of hydrazine groups is 2. The van der Waals surface area contributed by atoms with Crippen LogP contribution in [0.3, 0.4) is 0 Å². The summed E-state index contributed by atoms with van der Waals surface area (Å²) in [6.45, 7) is 0. The van der Waals surface area contributed by atoms with Crippen molar-refractivity contribution in [2.45, 2.75) is 6.42 Å². The largest absolute Gasteiger partial charge is 0.497 e. The number of rotatable bonds is 5. The molecule has 7 heteroatoms. The fourth-order valence-electron chi connectivity index (χ4n) is 3.98. The van der Waals surface area contributed by atoms with Gasteiger partial charge < -0.3 is 9.30 Å². The van der Waals surface area contributed by atoms with Gasteiger partial charge in [0.25, 0.3) is 0 Å². The molecule has 7 nitrogen and oxygen atoms in total. The van der Waals surface area contributed by atoms with Gasteiger partial charge in [-0.2, -0.15) is 0 Å². The number of ether oxygens (including phenoxy) is 1. The lowest BCUT2D eigenvalue weighted by Gasteiger charge is -2.09. The molecule has 0 saturated heterocycles. The van der Waals surface area contributed by atoms with Gasteiger partial charge in [0.2, 0.25) is 0 Å². The second-order valence-electron chi connectivity index (χ2n) is 7.15. The molecule has 2 aromatic heterocycles. The molecule has 1 aliphatic heterocycles. The van der Waals surface area contributed by atoms with Gasteiger partial charge in [0.15, 0.2) is 5.84 Å². The Kier molecular flexibility index (Phi) is 4.57. The molecular weight excluding hydrogens is 376 g/mol. The molecule has 0 unspecified atom stereocenters. The standard InChI is InChI=1S/C23H22N6O/c1-29-21-14-17(30-2)11-12-18(21)19(22(29)15-7-4-3-5-8-15)13-16-9-6-10-20(24-16)23-25-27-28-26-23/h3-12,14,27-28H,13H2,1-2H3,(H,25,26). The highest BCUT2D eigenvalue weighted by atomic mass is 16.5. The first-order chi connectivity index (χ1) is 14.7. The molecule has 3 N–H and O–H groups in total. The molecule has 0 amide bonds. The van der Waals surface area contributed by atoms with Crippen molar-refractivity contribution in [2.24, 2.45) is 12.1 Å². The Bertz CT molecular complexity index is 1250. The van der Waals surface area contributed by atoms with Crippen molar-refractivity contribution >= 4 is 16.7 Å². The Balaban J connectivity index is 1.65.